The smallest absolute Gasteiger partial charge is 0.267 e. The van der Waals surface area contributed by atoms with E-state index in [1.807, 2.05) is 55.1 Å². The first-order chi connectivity index (χ1) is 14.8. The molecular weight excluding hydrogens is 453 g/mol. The number of benzene rings is 2. The molecule has 1 aromatic heterocycles. The van der Waals surface area contributed by atoms with E-state index in [9.17, 15) is 9.59 Å². The van der Waals surface area contributed by atoms with E-state index in [0.29, 0.717) is 33.7 Å². The zero-order chi connectivity index (χ0) is 22.1. The molecule has 2 heterocycles. The van der Waals surface area contributed by atoms with Gasteiger partial charge in [0.15, 0.2) is 0 Å². The normalized spacial score (nSPS) is 14.4. The molecule has 0 unspecified atom stereocenters. The number of piperazine rings is 1. The molecule has 1 saturated heterocycles. The highest BCUT2D eigenvalue weighted by atomic mass is 35.5. The number of nitrogens with one attached hydrogen (secondary N) is 1. The maximum absolute atomic E-state index is 12.8. The van der Waals surface area contributed by atoms with Gasteiger partial charge in [-0.05, 0) is 24.3 Å². The number of thiophene rings is 1. The van der Waals surface area contributed by atoms with Crippen LogP contribution in [0.1, 0.15) is 23.5 Å². The van der Waals surface area contributed by atoms with Crippen molar-refractivity contribution in [2.45, 2.75) is 13.8 Å². The summed E-state index contributed by atoms with van der Waals surface area (Å²) in [5.41, 5.74) is 1.51. The second-order valence-corrected chi connectivity index (χ2v) is 9.67. The van der Waals surface area contributed by atoms with Gasteiger partial charge in [-0.2, -0.15) is 0 Å². The number of fused-ring (bicyclic) bond motifs is 1. The Balaban J connectivity index is 1.45. The Bertz CT molecular complexity index is 1140. The highest BCUT2D eigenvalue weighted by Crippen LogP contribution is 2.36. The summed E-state index contributed by atoms with van der Waals surface area (Å²) in [6, 6.07) is 13.2. The van der Waals surface area contributed by atoms with Crippen LogP contribution in [-0.2, 0) is 4.79 Å². The van der Waals surface area contributed by atoms with Crippen molar-refractivity contribution in [3.8, 4) is 0 Å². The molecule has 31 heavy (non-hydrogen) atoms. The average molecular weight is 476 g/mol. The van der Waals surface area contributed by atoms with E-state index in [0.717, 1.165) is 28.9 Å². The Morgan fingerprint density at radius 3 is 2.39 bits per heavy atom. The minimum absolute atomic E-state index is 0.00692. The molecule has 2 aromatic carbocycles. The summed E-state index contributed by atoms with van der Waals surface area (Å²) in [5.74, 6) is -0.0630. The Hall–Kier alpha value is -2.28. The number of rotatable bonds is 4. The van der Waals surface area contributed by atoms with Crippen molar-refractivity contribution in [3.63, 3.8) is 0 Å². The summed E-state index contributed by atoms with van der Waals surface area (Å²) >= 11 is 14.3. The average Bonchev–Trinajstić information content (AvgIpc) is 3.10. The lowest BCUT2D eigenvalue weighted by molar-refractivity contribution is -0.134. The fraction of sp³-hybridized carbons (Fsp3) is 0.304. The van der Waals surface area contributed by atoms with Crippen LogP contribution in [0, 0.1) is 5.92 Å². The molecule has 1 aliphatic heterocycles. The number of halogens is 2. The summed E-state index contributed by atoms with van der Waals surface area (Å²) in [4.78, 5) is 29.5. The van der Waals surface area contributed by atoms with Gasteiger partial charge < -0.3 is 15.1 Å². The van der Waals surface area contributed by atoms with Crippen molar-refractivity contribution in [2.75, 3.05) is 36.4 Å². The fourth-order valence-corrected chi connectivity index (χ4v) is 5.43. The summed E-state index contributed by atoms with van der Waals surface area (Å²) < 4.78 is 0.973. The lowest BCUT2D eigenvalue weighted by atomic mass is 10.1. The highest BCUT2D eigenvalue weighted by Gasteiger charge is 2.24. The molecule has 5 nitrogen and oxygen atoms in total. The van der Waals surface area contributed by atoms with Crippen LogP contribution in [0.5, 0.6) is 0 Å². The van der Waals surface area contributed by atoms with Crippen LogP contribution in [0.25, 0.3) is 10.1 Å². The monoisotopic (exact) mass is 475 g/mol. The Morgan fingerprint density at radius 2 is 1.74 bits per heavy atom. The van der Waals surface area contributed by atoms with Gasteiger partial charge >= 0.3 is 0 Å². The number of carbonyl (C=O) groups excluding carboxylic acids is 2. The predicted octanol–water partition coefficient (Wildman–Crippen LogP) is 5.77. The van der Waals surface area contributed by atoms with Gasteiger partial charge in [0, 0.05) is 47.9 Å². The first-order valence-electron chi connectivity index (χ1n) is 10.2. The predicted molar refractivity (Wildman–Crippen MR) is 130 cm³/mol. The standard InChI is InChI=1S/C23H23Cl2N3O2S/c1-14(2)23(30)28-11-9-27(10-12-28)18-8-7-15(13-17(18)24)26-22(29)21-20(25)16-5-3-4-6-19(16)31-21/h3-8,13-14H,9-12H2,1-2H3,(H,26,29). The third-order valence-corrected chi connectivity index (χ3v) is 7.35. The molecule has 0 aliphatic carbocycles. The van der Waals surface area contributed by atoms with Crippen molar-refractivity contribution in [3.05, 3.63) is 57.4 Å². The van der Waals surface area contributed by atoms with Crippen LogP contribution in [0.2, 0.25) is 10.0 Å². The lowest BCUT2D eigenvalue weighted by Gasteiger charge is -2.37. The number of amides is 2. The molecule has 0 spiro atoms. The Kier molecular flexibility index (Phi) is 6.42. The van der Waals surface area contributed by atoms with E-state index < -0.39 is 0 Å². The molecular formula is C23H23Cl2N3O2S. The fourth-order valence-electron chi connectivity index (χ4n) is 3.72. The van der Waals surface area contributed by atoms with Crippen molar-refractivity contribution in [1.29, 1.82) is 0 Å². The molecule has 1 aliphatic rings. The van der Waals surface area contributed by atoms with Gasteiger partial charge in [0.1, 0.15) is 4.88 Å². The van der Waals surface area contributed by atoms with Crippen LogP contribution in [0.4, 0.5) is 11.4 Å². The summed E-state index contributed by atoms with van der Waals surface area (Å²) in [6.07, 6.45) is 0. The van der Waals surface area contributed by atoms with Crippen molar-refractivity contribution in [1.82, 2.24) is 4.90 Å². The topological polar surface area (TPSA) is 52.7 Å². The van der Waals surface area contributed by atoms with Crippen molar-refractivity contribution >= 4 is 67.8 Å². The van der Waals surface area contributed by atoms with Gasteiger partial charge in [-0.1, -0.05) is 55.2 Å². The van der Waals surface area contributed by atoms with Gasteiger partial charge in [-0.25, -0.2) is 0 Å². The van der Waals surface area contributed by atoms with Crippen LogP contribution < -0.4 is 10.2 Å². The van der Waals surface area contributed by atoms with E-state index in [2.05, 4.69) is 10.2 Å². The Morgan fingerprint density at radius 1 is 1.03 bits per heavy atom. The summed E-state index contributed by atoms with van der Waals surface area (Å²) in [7, 11) is 0. The molecule has 3 aromatic rings. The lowest BCUT2D eigenvalue weighted by Crippen LogP contribution is -2.50. The highest BCUT2D eigenvalue weighted by molar-refractivity contribution is 7.21. The van der Waals surface area contributed by atoms with Gasteiger partial charge in [0.25, 0.3) is 5.91 Å². The zero-order valence-electron chi connectivity index (χ0n) is 17.3. The molecule has 162 valence electrons. The molecule has 2 amide bonds. The van der Waals surface area contributed by atoms with Crippen LogP contribution in [-0.4, -0.2) is 42.9 Å². The molecule has 1 fully saturated rings. The number of hydrogen-bond donors (Lipinski definition) is 1. The third-order valence-electron chi connectivity index (χ3n) is 5.37. The van der Waals surface area contributed by atoms with Gasteiger partial charge in [0.2, 0.25) is 5.91 Å². The van der Waals surface area contributed by atoms with E-state index in [1.165, 1.54) is 11.3 Å². The van der Waals surface area contributed by atoms with Gasteiger partial charge in [0.05, 0.1) is 15.7 Å². The summed E-state index contributed by atoms with van der Waals surface area (Å²) in [5, 5.41) is 4.80. The van der Waals surface area contributed by atoms with E-state index in [4.69, 9.17) is 23.2 Å². The zero-order valence-corrected chi connectivity index (χ0v) is 19.7. The number of anilines is 2. The van der Waals surface area contributed by atoms with E-state index >= 15 is 0 Å². The number of hydrogen-bond acceptors (Lipinski definition) is 4. The molecule has 1 N–H and O–H groups in total. The largest absolute Gasteiger partial charge is 0.367 e. The van der Waals surface area contributed by atoms with Crippen LogP contribution >= 0.6 is 34.5 Å². The number of carbonyl (C=O) groups is 2. The van der Waals surface area contributed by atoms with Crippen molar-refractivity contribution in [2.24, 2.45) is 5.92 Å². The van der Waals surface area contributed by atoms with Crippen LogP contribution in [0.15, 0.2) is 42.5 Å². The molecule has 0 bridgehead atoms. The molecule has 8 heteroatoms. The second-order valence-electron chi connectivity index (χ2n) is 7.83. The minimum atomic E-state index is -0.254. The second kappa shape index (κ2) is 9.07. The quantitative estimate of drug-likeness (QED) is 0.521. The minimum Gasteiger partial charge on any atom is -0.367 e. The molecule has 0 atom stereocenters. The van der Waals surface area contributed by atoms with E-state index in [-0.39, 0.29) is 17.7 Å². The van der Waals surface area contributed by atoms with Gasteiger partial charge in [-0.15, -0.1) is 11.3 Å². The maximum Gasteiger partial charge on any atom is 0.267 e. The van der Waals surface area contributed by atoms with Gasteiger partial charge in [-0.3, -0.25) is 9.59 Å². The first kappa shape index (κ1) is 21.9. The first-order valence-corrected chi connectivity index (χ1v) is 11.7. The van der Waals surface area contributed by atoms with E-state index in [1.54, 1.807) is 6.07 Å². The SMILES string of the molecule is CC(C)C(=O)N1CCN(c2ccc(NC(=O)c3sc4ccccc4c3Cl)cc2Cl)CC1. The Labute approximate surface area is 195 Å². The number of nitrogens with zero attached hydrogens (tertiary/aromatic N) is 2. The van der Waals surface area contributed by atoms with Crippen molar-refractivity contribution < 1.29 is 9.59 Å². The molecule has 0 radical (unpaired) electrons. The molecule has 0 saturated carbocycles. The third kappa shape index (κ3) is 4.52. The van der Waals surface area contributed by atoms with Crippen LogP contribution in [0.3, 0.4) is 0 Å². The summed E-state index contributed by atoms with van der Waals surface area (Å²) in [6.45, 7) is 6.64. The maximum atomic E-state index is 12.8. The molecule has 4 rings (SSSR count).